The van der Waals surface area contributed by atoms with Crippen LogP contribution in [0.4, 0.5) is 0 Å². The van der Waals surface area contributed by atoms with Gasteiger partial charge in [-0.15, -0.1) is 0 Å². The van der Waals surface area contributed by atoms with E-state index in [1.807, 2.05) is 19.9 Å². The van der Waals surface area contributed by atoms with Gasteiger partial charge in [-0.2, -0.15) is 0 Å². The Kier molecular flexibility index (Phi) is 7.35. The lowest BCUT2D eigenvalue weighted by Crippen LogP contribution is -2.23. The maximum Gasteiger partial charge on any atom is 0.344 e. The molecule has 0 aromatic rings. The molecule has 0 radical (unpaired) electrons. The minimum absolute atomic E-state index is 0.372. The summed E-state index contributed by atoms with van der Waals surface area (Å²) in [4.78, 5) is 11.6. The molecule has 0 spiro atoms. The topological polar surface area (TPSA) is 61.8 Å². The van der Waals surface area contributed by atoms with Gasteiger partial charge in [0.2, 0.25) is 0 Å². The van der Waals surface area contributed by atoms with Crippen molar-refractivity contribution in [1.29, 1.82) is 0 Å². The molecule has 17 heavy (non-hydrogen) atoms. The van der Waals surface area contributed by atoms with Gasteiger partial charge < -0.3 is 13.8 Å². The molecule has 0 aromatic carbocycles. The second kappa shape index (κ2) is 7.64. The van der Waals surface area contributed by atoms with Crippen molar-refractivity contribution in [1.82, 2.24) is 0 Å². The standard InChI is InChI=1S/C11H21O5P/c1-9(2)7-6-8-10(11(12)14-3)17(13,15-4)16-5/h7,10H,6,8H2,1-5H3. The molecule has 0 amide bonds. The fourth-order valence-electron chi connectivity index (χ4n) is 1.40. The van der Waals surface area contributed by atoms with Crippen molar-refractivity contribution in [3.63, 3.8) is 0 Å². The number of allylic oxidation sites excluding steroid dienone is 2. The predicted octanol–water partition coefficient (Wildman–Crippen LogP) is 2.76. The Morgan fingerprint density at radius 3 is 2.12 bits per heavy atom. The monoisotopic (exact) mass is 264 g/mol. The first-order valence-corrected chi connectivity index (χ1v) is 6.94. The molecular weight excluding hydrogens is 243 g/mol. The number of hydrogen-bond acceptors (Lipinski definition) is 5. The predicted molar refractivity (Wildman–Crippen MR) is 66.1 cm³/mol. The first-order chi connectivity index (χ1) is 7.91. The number of esters is 1. The van der Waals surface area contributed by atoms with Crippen LogP contribution in [0.5, 0.6) is 0 Å². The van der Waals surface area contributed by atoms with Gasteiger partial charge in [-0.3, -0.25) is 9.36 Å². The Labute approximate surface area is 103 Å². The zero-order chi connectivity index (χ0) is 13.5. The zero-order valence-electron chi connectivity index (χ0n) is 11.1. The number of hydrogen-bond donors (Lipinski definition) is 0. The van der Waals surface area contributed by atoms with Crippen LogP contribution in [0.3, 0.4) is 0 Å². The second-order valence-corrected chi connectivity index (χ2v) is 6.24. The molecule has 0 aliphatic rings. The van der Waals surface area contributed by atoms with Crippen molar-refractivity contribution in [2.45, 2.75) is 32.3 Å². The third-order valence-corrected chi connectivity index (χ3v) is 4.61. The third kappa shape index (κ3) is 5.02. The van der Waals surface area contributed by atoms with Crippen molar-refractivity contribution in [2.24, 2.45) is 0 Å². The fourth-order valence-corrected chi connectivity index (χ4v) is 2.89. The summed E-state index contributed by atoms with van der Waals surface area (Å²) >= 11 is 0. The fraction of sp³-hybridized carbons (Fsp3) is 0.727. The minimum atomic E-state index is -3.43. The summed E-state index contributed by atoms with van der Waals surface area (Å²) in [7, 11) is 0.358. The normalized spacial score (nSPS) is 13.0. The van der Waals surface area contributed by atoms with E-state index in [1.165, 1.54) is 21.3 Å². The number of carbonyl (C=O) groups is 1. The van der Waals surface area contributed by atoms with Gasteiger partial charge in [0.15, 0.2) is 5.66 Å². The van der Waals surface area contributed by atoms with Gasteiger partial charge >= 0.3 is 13.6 Å². The quantitative estimate of drug-likeness (QED) is 0.402. The molecule has 0 heterocycles. The Hall–Kier alpha value is -0.640. The number of methoxy groups -OCH3 is 1. The highest BCUT2D eigenvalue weighted by molar-refractivity contribution is 7.55. The number of carbonyl (C=O) groups excluding carboxylic acids is 1. The number of rotatable bonds is 7. The highest BCUT2D eigenvalue weighted by Gasteiger charge is 2.40. The lowest BCUT2D eigenvalue weighted by Gasteiger charge is -2.21. The summed E-state index contributed by atoms with van der Waals surface area (Å²) in [5, 5.41) is 0. The Balaban J connectivity index is 4.83. The van der Waals surface area contributed by atoms with Crippen LogP contribution >= 0.6 is 7.60 Å². The molecule has 0 N–H and O–H groups in total. The van der Waals surface area contributed by atoms with E-state index in [0.29, 0.717) is 12.8 Å². The van der Waals surface area contributed by atoms with E-state index in [4.69, 9.17) is 9.05 Å². The molecule has 0 bridgehead atoms. The summed E-state index contributed by atoms with van der Waals surface area (Å²) in [6.45, 7) is 3.92. The van der Waals surface area contributed by atoms with E-state index in [9.17, 15) is 9.36 Å². The molecule has 6 heteroatoms. The van der Waals surface area contributed by atoms with Crippen LogP contribution in [0.15, 0.2) is 11.6 Å². The van der Waals surface area contributed by atoms with Crippen LogP contribution in [-0.4, -0.2) is 33.0 Å². The highest BCUT2D eigenvalue weighted by atomic mass is 31.2. The van der Waals surface area contributed by atoms with Gasteiger partial charge in [-0.1, -0.05) is 11.6 Å². The lowest BCUT2D eigenvalue weighted by molar-refractivity contribution is -0.140. The van der Waals surface area contributed by atoms with Gasteiger partial charge in [0.05, 0.1) is 7.11 Å². The van der Waals surface area contributed by atoms with Gasteiger partial charge in [0, 0.05) is 14.2 Å². The van der Waals surface area contributed by atoms with Crippen molar-refractivity contribution in [3.8, 4) is 0 Å². The molecule has 0 saturated carbocycles. The molecule has 0 rings (SSSR count). The summed E-state index contributed by atoms with van der Waals surface area (Å²) in [5.74, 6) is -0.570. The molecule has 0 fully saturated rings. The Bertz CT molecular complexity index is 312. The number of ether oxygens (including phenoxy) is 1. The largest absolute Gasteiger partial charge is 0.468 e. The van der Waals surface area contributed by atoms with Crippen LogP contribution in [-0.2, 0) is 23.1 Å². The van der Waals surface area contributed by atoms with Crippen molar-refractivity contribution < 1.29 is 23.1 Å². The Morgan fingerprint density at radius 1 is 1.24 bits per heavy atom. The second-order valence-electron chi connectivity index (χ2n) is 3.80. The van der Waals surface area contributed by atoms with E-state index < -0.39 is 19.2 Å². The van der Waals surface area contributed by atoms with Crippen molar-refractivity contribution >= 4 is 13.6 Å². The van der Waals surface area contributed by atoms with Crippen LogP contribution in [0.1, 0.15) is 26.7 Å². The SMILES string of the molecule is COC(=O)C(CCC=C(C)C)P(=O)(OC)OC. The average molecular weight is 264 g/mol. The summed E-state index contributed by atoms with van der Waals surface area (Å²) in [6, 6.07) is 0. The molecule has 0 aliphatic carbocycles. The maximum atomic E-state index is 12.2. The van der Waals surface area contributed by atoms with Crippen LogP contribution in [0.2, 0.25) is 0 Å². The van der Waals surface area contributed by atoms with Crippen LogP contribution in [0.25, 0.3) is 0 Å². The summed E-state index contributed by atoms with van der Waals surface area (Å²) < 4.78 is 26.5. The lowest BCUT2D eigenvalue weighted by atomic mass is 10.2. The van der Waals surface area contributed by atoms with E-state index in [2.05, 4.69) is 4.74 Å². The zero-order valence-corrected chi connectivity index (χ0v) is 12.0. The van der Waals surface area contributed by atoms with Gasteiger partial charge in [-0.05, 0) is 26.7 Å². The average Bonchev–Trinajstić information content (AvgIpc) is 2.32. The van der Waals surface area contributed by atoms with Gasteiger partial charge in [0.1, 0.15) is 0 Å². The minimum Gasteiger partial charge on any atom is -0.468 e. The van der Waals surface area contributed by atoms with Crippen molar-refractivity contribution in [2.75, 3.05) is 21.3 Å². The first-order valence-electron chi connectivity index (χ1n) is 5.33. The van der Waals surface area contributed by atoms with E-state index in [1.54, 1.807) is 0 Å². The van der Waals surface area contributed by atoms with E-state index >= 15 is 0 Å². The molecule has 1 unspecified atom stereocenters. The third-order valence-electron chi connectivity index (χ3n) is 2.36. The molecule has 0 saturated heterocycles. The smallest absolute Gasteiger partial charge is 0.344 e. The summed E-state index contributed by atoms with van der Waals surface area (Å²) in [5.41, 5.74) is 0.261. The van der Waals surface area contributed by atoms with Crippen LogP contribution in [0, 0.1) is 0 Å². The van der Waals surface area contributed by atoms with Crippen LogP contribution < -0.4 is 0 Å². The van der Waals surface area contributed by atoms with Gasteiger partial charge in [-0.25, -0.2) is 0 Å². The summed E-state index contributed by atoms with van der Waals surface area (Å²) in [6.07, 6.45) is 2.96. The van der Waals surface area contributed by atoms with Gasteiger partial charge in [0.25, 0.3) is 0 Å². The maximum absolute atomic E-state index is 12.2. The highest BCUT2D eigenvalue weighted by Crippen LogP contribution is 2.53. The van der Waals surface area contributed by atoms with Crippen molar-refractivity contribution in [3.05, 3.63) is 11.6 Å². The first kappa shape index (κ1) is 16.4. The molecule has 0 aliphatic heterocycles. The molecule has 5 nitrogen and oxygen atoms in total. The molecular formula is C11H21O5P. The van der Waals surface area contributed by atoms with E-state index in [0.717, 1.165) is 5.57 Å². The Morgan fingerprint density at radius 2 is 1.76 bits per heavy atom. The molecule has 100 valence electrons. The van der Waals surface area contributed by atoms with E-state index in [-0.39, 0.29) is 0 Å². The molecule has 1 atom stereocenters. The molecule has 0 aromatic heterocycles.